The van der Waals surface area contributed by atoms with Crippen LogP contribution in [-0.2, 0) is 0 Å². The molecule has 1 aliphatic rings. The lowest BCUT2D eigenvalue weighted by molar-refractivity contribution is 0.754. The molecule has 0 unspecified atom stereocenters. The smallest absolute Gasteiger partial charge is 0.0464 e. The van der Waals surface area contributed by atoms with E-state index in [0.717, 1.165) is 0 Å². The average molecular weight is 117 g/mol. The maximum Gasteiger partial charge on any atom is 0.0569 e. The fraction of sp³-hybridized carbons (Fsp3) is 1.00. The molecule has 1 fully saturated rings. The van der Waals surface area contributed by atoms with Crippen molar-refractivity contribution in [1.82, 2.24) is 0 Å². The van der Waals surface area contributed by atoms with Crippen LogP contribution in [0.5, 0.6) is 0 Å². The van der Waals surface area contributed by atoms with Crippen molar-refractivity contribution in [2.75, 3.05) is 19.0 Å². The zero-order valence-electron chi connectivity index (χ0n) is 5.04. The highest BCUT2D eigenvalue weighted by molar-refractivity contribution is 7.56. The maximum absolute atomic E-state index is 2.46. The lowest BCUT2D eigenvalue weighted by Crippen LogP contribution is -1.96. The molecule has 0 aromatic rings. The molecule has 1 heteroatoms. The fourth-order valence-corrected chi connectivity index (χ4v) is 3.11. The summed E-state index contributed by atoms with van der Waals surface area (Å²) in [5.41, 5.74) is 0. The van der Waals surface area contributed by atoms with E-state index in [1.54, 1.807) is 12.3 Å². The van der Waals surface area contributed by atoms with Crippen LogP contribution in [0.2, 0.25) is 0 Å². The Morgan fingerprint density at radius 1 is 1.00 bits per heavy atom. The van der Waals surface area contributed by atoms with Crippen molar-refractivity contribution in [3.8, 4) is 0 Å². The van der Waals surface area contributed by atoms with Gasteiger partial charge in [0, 0.05) is 6.66 Å². The topological polar surface area (TPSA) is 0 Å². The van der Waals surface area contributed by atoms with E-state index in [4.69, 9.17) is 0 Å². The van der Waals surface area contributed by atoms with Gasteiger partial charge in [0.15, 0.2) is 0 Å². The summed E-state index contributed by atoms with van der Waals surface area (Å²) in [7, 11) is 0.207. The van der Waals surface area contributed by atoms with E-state index in [1.165, 1.54) is 19.3 Å². The first-order valence-electron chi connectivity index (χ1n) is 3.21. The molecule has 1 heterocycles. The largest absolute Gasteiger partial charge is 0.0569 e. The van der Waals surface area contributed by atoms with Gasteiger partial charge in [0.25, 0.3) is 0 Å². The van der Waals surface area contributed by atoms with Crippen molar-refractivity contribution in [3.63, 3.8) is 0 Å². The summed E-state index contributed by atoms with van der Waals surface area (Å²) in [6, 6.07) is 0. The lowest BCUT2D eigenvalue weighted by atomic mass is 10.3. The zero-order valence-corrected chi connectivity index (χ0v) is 6.04. The highest BCUT2D eigenvalue weighted by Crippen LogP contribution is 2.36. The molecule has 7 heavy (non-hydrogen) atoms. The Labute approximate surface area is 47.1 Å². The Morgan fingerprint density at radius 3 is 1.86 bits per heavy atom. The summed E-state index contributed by atoms with van der Waals surface area (Å²) in [6.07, 6.45) is 7.76. The molecule has 0 bridgehead atoms. The number of hydrogen-bond donors (Lipinski definition) is 0. The van der Waals surface area contributed by atoms with Gasteiger partial charge in [-0.05, 0) is 27.2 Å². The molecule has 0 saturated carbocycles. The van der Waals surface area contributed by atoms with Gasteiger partial charge in [0.05, 0.1) is 12.3 Å². The summed E-state index contributed by atoms with van der Waals surface area (Å²) < 4.78 is 0. The first-order valence-corrected chi connectivity index (χ1v) is 5.62. The van der Waals surface area contributed by atoms with Crippen LogP contribution in [0.3, 0.4) is 0 Å². The second-order valence-electron chi connectivity index (χ2n) is 2.52. The second kappa shape index (κ2) is 2.67. The lowest BCUT2D eigenvalue weighted by Gasteiger charge is -2.09. The molecule has 0 spiro atoms. The molecule has 0 aromatic carbocycles. The van der Waals surface area contributed by atoms with E-state index < -0.39 is 0 Å². The Bertz CT molecular complexity index is 46.1. The molecule has 0 N–H and O–H groups in total. The average Bonchev–Trinajstić information content (AvgIpc) is 1.69. The first-order chi connectivity index (χ1) is 3.39. The van der Waals surface area contributed by atoms with Gasteiger partial charge in [0.2, 0.25) is 0 Å². The Morgan fingerprint density at radius 2 is 1.57 bits per heavy atom. The van der Waals surface area contributed by atoms with Crippen LogP contribution in [-0.4, -0.2) is 19.0 Å². The van der Waals surface area contributed by atoms with Crippen molar-refractivity contribution in [1.29, 1.82) is 0 Å². The predicted octanol–water partition coefficient (Wildman–Crippen LogP) is 2.01. The standard InChI is InChI=1S/C6H13P/c1-7-5-3-2-4-6-7/h2-6H2,1H3/p+1. The molecule has 42 valence electrons. The van der Waals surface area contributed by atoms with Crippen LogP contribution < -0.4 is 0 Å². The number of hydrogen-bond acceptors (Lipinski definition) is 0. The highest BCUT2D eigenvalue weighted by atomic mass is 31.1. The summed E-state index contributed by atoms with van der Waals surface area (Å²) in [5, 5.41) is 0. The predicted molar refractivity (Wildman–Crippen MR) is 37.8 cm³/mol. The Balaban J connectivity index is 2.12. The molecular weight excluding hydrogens is 103 g/mol. The molecular formula is C6H14P+. The molecule has 0 aliphatic carbocycles. The van der Waals surface area contributed by atoms with Gasteiger partial charge in [-0.25, -0.2) is 0 Å². The van der Waals surface area contributed by atoms with Crippen LogP contribution >= 0.6 is 7.92 Å². The molecule has 0 atom stereocenters. The SMILES string of the molecule is C[PH+]1CCCCC1. The van der Waals surface area contributed by atoms with Crippen LogP contribution in [0.4, 0.5) is 0 Å². The number of rotatable bonds is 0. The monoisotopic (exact) mass is 117 g/mol. The molecule has 0 nitrogen and oxygen atoms in total. The third-order valence-corrected chi connectivity index (χ3v) is 4.12. The molecule has 0 aromatic heterocycles. The van der Waals surface area contributed by atoms with E-state index in [-0.39, 0.29) is 7.92 Å². The third-order valence-electron chi connectivity index (χ3n) is 1.71. The molecule has 0 radical (unpaired) electrons. The van der Waals surface area contributed by atoms with Gasteiger partial charge in [-0.1, -0.05) is 0 Å². The summed E-state index contributed by atoms with van der Waals surface area (Å²) in [5.74, 6) is 0. The van der Waals surface area contributed by atoms with Gasteiger partial charge >= 0.3 is 0 Å². The summed E-state index contributed by atoms with van der Waals surface area (Å²) >= 11 is 0. The molecule has 1 aliphatic heterocycles. The Hall–Kier alpha value is 0.430. The van der Waals surface area contributed by atoms with E-state index in [1.807, 2.05) is 0 Å². The molecule has 0 amide bonds. The van der Waals surface area contributed by atoms with E-state index in [2.05, 4.69) is 6.66 Å². The minimum absolute atomic E-state index is 0.207. The van der Waals surface area contributed by atoms with Gasteiger partial charge in [-0.3, -0.25) is 0 Å². The minimum atomic E-state index is 0.207. The van der Waals surface area contributed by atoms with Crippen LogP contribution in [0.1, 0.15) is 19.3 Å². The van der Waals surface area contributed by atoms with Crippen molar-refractivity contribution in [2.24, 2.45) is 0 Å². The zero-order chi connectivity index (χ0) is 5.11. The van der Waals surface area contributed by atoms with E-state index >= 15 is 0 Å². The normalized spacial score (nSPS) is 25.3. The van der Waals surface area contributed by atoms with Crippen molar-refractivity contribution in [2.45, 2.75) is 19.3 Å². The van der Waals surface area contributed by atoms with Crippen molar-refractivity contribution >= 4 is 7.92 Å². The van der Waals surface area contributed by atoms with E-state index in [0.29, 0.717) is 0 Å². The van der Waals surface area contributed by atoms with Gasteiger partial charge in [-0.2, -0.15) is 0 Å². The van der Waals surface area contributed by atoms with Crippen molar-refractivity contribution < 1.29 is 0 Å². The second-order valence-corrected chi connectivity index (χ2v) is 5.43. The quantitative estimate of drug-likeness (QED) is 0.426. The minimum Gasteiger partial charge on any atom is -0.0464 e. The maximum atomic E-state index is 2.46. The molecule has 1 rings (SSSR count). The van der Waals surface area contributed by atoms with Crippen LogP contribution in [0.25, 0.3) is 0 Å². The molecule has 1 saturated heterocycles. The summed E-state index contributed by atoms with van der Waals surface area (Å²) in [4.78, 5) is 0. The van der Waals surface area contributed by atoms with Crippen LogP contribution in [0.15, 0.2) is 0 Å². The summed E-state index contributed by atoms with van der Waals surface area (Å²) in [6.45, 7) is 2.46. The highest BCUT2D eigenvalue weighted by Gasteiger charge is 2.12. The van der Waals surface area contributed by atoms with Gasteiger partial charge < -0.3 is 0 Å². The first kappa shape index (κ1) is 5.56. The van der Waals surface area contributed by atoms with Crippen LogP contribution in [0, 0.1) is 0 Å². The van der Waals surface area contributed by atoms with E-state index in [9.17, 15) is 0 Å². The van der Waals surface area contributed by atoms with Crippen molar-refractivity contribution in [3.05, 3.63) is 0 Å². The fourth-order valence-electron chi connectivity index (χ4n) is 1.16. The van der Waals surface area contributed by atoms with Gasteiger partial charge in [-0.15, -0.1) is 0 Å². The Kier molecular flexibility index (Phi) is 2.12. The third kappa shape index (κ3) is 1.78. The van der Waals surface area contributed by atoms with Gasteiger partial charge in [0.1, 0.15) is 0 Å².